The largest absolute Gasteiger partial charge is 0.491 e. The molecule has 2 rings (SSSR count). The Labute approximate surface area is 172 Å². The lowest BCUT2D eigenvalue weighted by Crippen LogP contribution is -2.38. The van der Waals surface area contributed by atoms with Crippen molar-refractivity contribution in [3.05, 3.63) is 45.4 Å². The molecule has 0 fully saturated rings. The van der Waals surface area contributed by atoms with Crippen LogP contribution in [-0.4, -0.2) is 44.9 Å². The number of aryl methyl sites for hydroxylation is 1. The molecular weight excluding hydrogens is 372 g/mol. The smallest absolute Gasteiger partial charge is 0.191 e. The van der Waals surface area contributed by atoms with Crippen molar-refractivity contribution in [3.8, 4) is 5.75 Å². The summed E-state index contributed by atoms with van der Waals surface area (Å²) in [5.74, 6) is 2.13. The minimum Gasteiger partial charge on any atom is -0.491 e. The van der Waals surface area contributed by atoms with Crippen LogP contribution in [-0.2, 0) is 17.7 Å². The van der Waals surface area contributed by atoms with E-state index in [-0.39, 0.29) is 0 Å². The Morgan fingerprint density at radius 2 is 2.07 bits per heavy atom. The summed E-state index contributed by atoms with van der Waals surface area (Å²) < 4.78 is 10.9. The van der Waals surface area contributed by atoms with Crippen LogP contribution in [0.15, 0.2) is 28.6 Å². The number of nitrogens with zero attached hydrogens (tertiary/aromatic N) is 2. The molecule has 28 heavy (non-hydrogen) atoms. The first-order valence-corrected chi connectivity index (χ1v) is 10.5. The first kappa shape index (κ1) is 22.2. The van der Waals surface area contributed by atoms with Crippen LogP contribution < -0.4 is 15.4 Å². The highest BCUT2D eigenvalue weighted by molar-refractivity contribution is 7.09. The molecule has 1 aromatic carbocycles. The Balaban J connectivity index is 1.84. The number of thiazole rings is 1. The van der Waals surface area contributed by atoms with Crippen LogP contribution in [0.25, 0.3) is 0 Å². The number of hydrogen-bond acceptors (Lipinski definition) is 5. The van der Waals surface area contributed by atoms with Gasteiger partial charge in [-0.2, -0.15) is 0 Å². The monoisotopic (exact) mass is 404 g/mol. The standard InChI is InChI=1S/C21H32N4O2S/c1-15(2)20-25-18(14-28-20)8-9-23-21(22-4)24-13-17-7-6-16(3)12-19(17)27-11-10-26-5/h6-7,12,14-15H,8-11,13H2,1-5H3,(H2,22,23,24). The molecule has 2 aromatic rings. The summed E-state index contributed by atoms with van der Waals surface area (Å²) in [6.45, 7) is 8.92. The average molecular weight is 405 g/mol. The van der Waals surface area contributed by atoms with Gasteiger partial charge in [-0.05, 0) is 18.6 Å². The molecule has 0 aliphatic rings. The molecule has 0 atom stereocenters. The zero-order valence-electron chi connectivity index (χ0n) is 17.5. The van der Waals surface area contributed by atoms with Gasteiger partial charge in [-0.3, -0.25) is 4.99 Å². The predicted octanol–water partition coefficient (Wildman–Crippen LogP) is 3.51. The molecular formula is C21H32N4O2S. The van der Waals surface area contributed by atoms with E-state index in [2.05, 4.69) is 65.0 Å². The molecule has 0 unspecified atom stereocenters. The number of guanidine groups is 1. The lowest BCUT2D eigenvalue weighted by molar-refractivity contribution is 0.145. The summed E-state index contributed by atoms with van der Waals surface area (Å²) in [5.41, 5.74) is 3.39. The second-order valence-corrected chi connectivity index (χ2v) is 7.78. The Morgan fingerprint density at radius 3 is 2.75 bits per heavy atom. The average Bonchev–Trinajstić information content (AvgIpc) is 3.15. The quantitative estimate of drug-likeness (QED) is 0.360. The van der Waals surface area contributed by atoms with Crippen molar-refractivity contribution in [2.75, 3.05) is 33.9 Å². The van der Waals surface area contributed by atoms with E-state index >= 15 is 0 Å². The van der Waals surface area contributed by atoms with Crippen molar-refractivity contribution in [1.82, 2.24) is 15.6 Å². The van der Waals surface area contributed by atoms with Crippen molar-refractivity contribution in [1.29, 1.82) is 0 Å². The van der Waals surface area contributed by atoms with Crippen LogP contribution in [0.1, 0.15) is 41.6 Å². The number of nitrogens with one attached hydrogen (secondary N) is 2. The lowest BCUT2D eigenvalue weighted by Gasteiger charge is -2.15. The summed E-state index contributed by atoms with van der Waals surface area (Å²) in [6, 6.07) is 6.23. The molecule has 2 N–H and O–H groups in total. The van der Waals surface area contributed by atoms with E-state index < -0.39 is 0 Å². The Bertz CT molecular complexity index is 759. The summed E-state index contributed by atoms with van der Waals surface area (Å²) in [4.78, 5) is 8.98. The van der Waals surface area contributed by atoms with Gasteiger partial charge in [0.1, 0.15) is 12.4 Å². The van der Waals surface area contributed by atoms with Gasteiger partial charge in [0.05, 0.1) is 17.3 Å². The van der Waals surface area contributed by atoms with Gasteiger partial charge >= 0.3 is 0 Å². The highest BCUT2D eigenvalue weighted by Crippen LogP contribution is 2.20. The normalized spacial score (nSPS) is 11.7. The molecule has 0 spiro atoms. The fraction of sp³-hybridized carbons (Fsp3) is 0.524. The van der Waals surface area contributed by atoms with Crippen molar-refractivity contribution in [2.24, 2.45) is 4.99 Å². The maximum absolute atomic E-state index is 5.85. The second kappa shape index (κ2) is 11.7. The van der Waals surface area contributed by atoms with Gasteiger partial charge in [0.2, 0.25) is 0 Å². The number of rotatable bonds is 10. The van der Waals surface area contributed by atoms with Crippen molar-refractivity contribution < 1.29 is 9.47 Å². The van der Waals surface area contributed by atoms with Crippen LogP contribution in [0.4, 0.5) is 0 Å². The molecule has 0 saturated carbocycles. The van der Waals surface area contributed by atoms with Crippen molar-refractivity contribution in [2.45, 2.75) is 39.7 Å². The van der Waals surface area contributed by atoms with Gasteiger partial charge in [0.25, 0.3) is 0 Å². The van der Waals surface area contributed by atoms with Gasteiger partial charge in [-0.15, -0.1) is 11.3 Å². The predicted molar refractivity (Wildman–Crippen MR) is 117 cm³/mol. The second-order valence-electron chi connectivity index (χ2n) is 6.89. The molecule has 0 amide bonds. The molecule has 0 aliphatic carbocycles. The summed E-state index contributed by atoms with van der Waals surface area (Å²) >= 11 is 1.73. The molecule has 0 aliphatic heterocycles. The Hall–Kier alpha value is -2.12. The Morgan fingerprint density at radius 1 is 1.25 bits per heavy atom. The van der Waals surface area contributed by atoms with E-state index in [1.165, 1.54) is 10.6 Å². The highest BCUT2D eigenvalue weighted by atomic mass is 32.1. The fourth-order valence-corrected chi connectivity index (χ4v) is 3.46. The van der Waals surface area contributed by atoms with E-state index in [0.717, 1.165) is 35.9 Å². The number of hydrogen-bond donors (Lipinski definition) is 2. The molecule has 0 bridgehead atoms. The topological polar surface area (TPSA) is 67.8 Å². The summed E-state index contributed by atoms with van der Waals surface area (Å²) in [6.07, 6.45) is 0.875. The Kier molecular flexibility index (Phi) is 9.23. The first-order valence-electron chi connectivity index (χ1n) is 9.63. The number of methoxy groups -OCH3 is 1. The molecule has 1 aromatic heterocycles. The van der Waals surface area contributed by atoms with Crippen LogP contribution in [0.2, 0.25) is 0 Å². The van der Waals surface area contributed by atoms with E-state index in [1.807, 2.05) is 0 Å². The van der Waals surface area contributed by atoms with E-state index in [4.69, 9.17) is 9.47 Å². The van der Waals surface area contributed by atoms with Gasteiger partial charge in [-0.25, -0.2) is 4.98 Å². The summed E-state index contributed by atoms with van der Waals surface area (Å²) in [7, 11) is 3.45. The SMILES string of the molecule is CN=C(NCCc1csc(C(C)C)n1)NCc1ccc(C)cc1OCCOC. The molecule has 0 radical (unpaired) electrons. The third kappa shape index (κ3) is 7.13. The highest BCUT2D eigenvalue weighted by Gasteiger charge is 2.08. The van der Waals surface area contributed by atoms with Crippen LogP contribution in [0.5, 0.6) is 5.75 Å². The van der Waals surface area contributed by atoms with Crippen molar-refractivity contribution >= 4 is 17.3 Å². The first-order chi connectivity index (χ1) is 13.5. The molecule has 7 heteroatoms. The number of aliphatic imine (C=N–C) groups is 1. The van der Waals surface area contributed by atoms with Crippen LogP contribution in [0, 0.1) is 6.92 Å². The van der Waals surface area contributed by atoms with E-state index in [0.29, 0.717) is 25.7 Å². The summed E-state index contributed by atoms with van der Waals surface area (Å²) in [5, 5.41) is 10.0. The van der Waals surface area contributed by atoms with Gasteiger partial charge in [0.15, 0.2) is 5.96 Å². The fourth-order valence-electron chi connectivity index (χ4n) is 2.59. The van der Waals surface area contributed by atoms with Gasteiger partial charge in [0, 0.05) is 50.5 Å². The van der Waals surface area contributed by atoms with Gasteiger partial charge in [-0.1, -0.05) is 26.0 Å². The third-order valence-corrected chi connectivity index (χ3v) is 5.37. The zero-order valence-corrected chi connectivity index (χ0v) is 18.4. The third-order valence-electron chi connectivity index (χ3n) is 4.17. The minimum atomic E-state index is 0.482. The van der Waals surface area contributed by atoms with Crippen molar-refractivity contribution in [3.63, 3.8) is 0 Å². The van der Waals surface area contributed by atoms with Gasteiger partial charge < -0.3 is 20.1 Å². The zero-order chi connectivity index (χ0) is 20.4. The molecule has 1 heterocycles. The molecule has 6 nitrogen and oxygen atoms in total. The van der Waals surface area contributed by atoms with E-state index in [1.54, 1.807) is 25.5 Å². The molecule has 0 saturated heterocycles. The minimum absolute atomic E-state index is 0.482. The lowest BCUT2D eigenvalue weighted by atomic mass is 10.1. The molecule has 154 valence electrons. The number of ether oxygens (including phenoxy) is 2. The number of benzene rings is 1. The number of aromatic nitrogens is 1. The maximum atomic E-state index is 5.85. The van der Waals surface area contributed by atoms with E-state index in [9.17, 15) is 0 Å². The van der Waals surface area contributed by atoms with Crippen LogP contribution >= 0.6 is 11.3 Å². The van der Waals surface area contributed by atoms with Crippen LogP contribution in [0.3, 0.4) is 0 Å². The maximum Gasteiger partial charge on any atom is 0.191 e.